The molecule has 88 valence electrons. The highest BCUT2D eigenvalue weighted by atomic mass is 35.5. The SMILES string of the molecule is CN(CCOCC1CC1)c1cccc(Cl)n1. The molecule has 0 aromatic carbocycles. The molecule has 0 aliphatic heterocycles. The van der Waals surface area contributed by atoms with Crippen LogP contribution in [0.4, 0.5) is 5.82 Å². The number of hydrogen-bond donors (Lipinski definition) is 0. The second-order valence-corrected chi connectivity index (χ2v) is 4.65. The van der Waals surface area contributed by atoms with Gasteiger partial charge in [0.1, 0.15) is 11.0 Å². The van der Waals surface area contributed by atoms with Gasteiger partial charge >= 0.3 is 0 Å². The zero-order valence-corrected chi connectivity index (χ0v) is 10.3. The Hall–Kier alpha value is -0.800. The largest absolute Gasteiger partial charge is 0.379 e. The number of ether oxygens (including phenoxy) is 1. The lowest BCUT2D eigenvalue weighted by atomic mass is 10.4. The second-order valence-electron chi connectivity index (χ2n) is 4.26. The third kappa shape index (κ3) is 3.65. The van der Waals surface area contributed by atoms with Crippen LogP contribution in [0.15, 0.2) is 18.2 Å². The Morgan fingerprint density at radius 3 is 3.00 bits per heavy atom. The molecule has 3 nitrogen and oxygen atoms in total. The van der Waals surface area contributed by atoms with Crippen molar-refractivity contribution in [3.63, 3.8) is 0 Å². The first kappa shape index (κ1) is 11.7. The van der Waals surface area contributed by atoms with E-state index in [1.54, 1.807) is 6.07 Å². The summed E-state index contributed by atoms with van der Waals surface area (Å²) in [5.74, 6) is 1.72. The normalized spacial score (nSPS) is 15.1. The lowest BCUT2D eigenvalue weighted by Gasteiger charge is -2.18. The molecular weight excluding hydrogens is 224 g/mol. The quantitative estimate of drug-likeness (QED) is 0.565. The molecular formula is C12H17ClN2O. The molecule has 0 atom stereocenters. The monoisotopic (exact) mass is 240 g/mol. The maximum Gasteiger partial charge on any atom is 0.131 e. The lowest BCUT2D eigenvalue weighted by molar-refractivity contribution is 0.131. The number of nitrogens with zero attached hydrogens (tertiary/aromatic N) is 2. The number of anilines is 1. The van der Waals surface area contributed by atoms with E-state index in [2.05, 4.69) is 9.88 Å². The highest BCUT2D eigenvalue weighted by Crippen LogP contribution is 2.28. The fourth-order valence-corrected chi connectivity index (χ4v) is 1.62. The van der Waals surface area contributed by atoms with E-state index in [0.29, 0.717) is 5.15 Å². The summed E-state index contributed by atoms with van der Waals surface area (Å²) in [5, 5.41) is 0.531. The van der Waals surface area contributed by atoms with Crippen LogP contribution in [0.1, 0.15) is 12.8 Å². The molecule has 2 rings (SSSR count). The Labute approximate surface area is 101 Å². The van der Waals surface area contributed by atoms with Crippen molar-refractivity contribution in [1.29, 1.82) is 0 Å². The average Bonchev–Trinajstić information content (AvgIpc) is 3.08. The van der Waals surface area contributed by atoms with E-state index < -0.39 is 0 Å². The van der Waals surface area contributed by atoms with Gasteiger partial charge < -0.3 is 9.64 Å². The molecule has 1 aliphatic rings. The molecule has 0 saturated heterocycles. The maximum absolute atomic E-state index is 5.83. The van der Waals surface area contributed by atoms with Crippen molar-refractivity contribution in [1.82, 2.24) is 4.98 Å². The highest BCUT2D eigenvalue weighted by Gasteiger charge is 2.20. The minimum atomic E-state index is 0.531. The van der Waals surface area contributed by atoms with Crippen molar-refractivity contribution in [2.75, 3.05) is 31.7 Å². The molecule has 0 spiro atoms. The predicted octanol–water partition coefficient (Wildman–Crippen LogP) is 2.60. The van der Waals surface area contributed by atoms with E-state index in [9.17, 15) is 0 Å². The summed E-state index contributed by atoms with van der Waals surface area (Å²) in [5.41, 5.74) is 0. The van der Waals surface area contributed by atoms with E-state index in [1.165, 1.54) is 12.8 Å². The number of rotatable bonds is 6. The van der Waals surface area contributed by atoms with Crippen LogP contribution in [0.5, 0.6) is 0 Å². The van der Waals surface area contributed by atoms with E-state index in [1.807, 2.05) is 19.2 Å². The van der Waals surface area contributed by atoms with Crippen molar-refractivity contribution in [3.05, 3.63) is 23.4 Å². The van der Waals surface area contributed by atoms with E-state index in [4.69, 9.17) is 16.3 Å². The van der Waals surface area contributed by atoms with Gasteiger partial charge in [-0.2, -0.15) is 0 Å². The Morgan fingerprint density at radius 1 is 1.50 bits per heavy atom. The number of pyridine rings is 1. The zero-order valence-electron chi connectivity index (χ0n) is 9.53. The van der Waals surface area contributed by atoms with Crippen LogP contribution in [-0.2, 0) is 4.74 Å². The smallest absolute Gasteiger partial charge is 0.131 e. The topological polar surface area (TPSA) is 25.4 Å². The van der Waals surface area contributed by atoms with Crippen LogP contribution in [0.25, 0.3) is 0 Å². The Balaban J connectivity index is 1.71. The van der Waals surface area contributed by atoms with Crippen molar-refractivity contribution < 1.29 is 4.74 Å². The van der Waals surface area contributed by atoms with E-state index in [-0.39, 0.29) is 0 Å². The van der Waals surface area contributed by atoms with Crippen molar-refractivity contribution >= 4 is 17.4 Å². The fraction of sp³-hybridized carbons (Fsp3) is 0.583. The molecule has 0 unspecified atom stereocenters. The first-order valence-electron chi connectivity index (χ1n) is 5.67. The average molecular weight is 241 g/mol. The lowest BCUT2D eigenvalue weighted by Crippen LogP contribution is -2.23. The van der Waals surface area contributed by atoms with Gasteiger partial charge in [0.05, 0.1) is 6.61 Å². The summed E-state index contributed by atoms with van der Waals surface area (Å²) in [6.07, 6.45) is 2.68. The number of likely N-dealkylation sites (N-methyl/N-ethyl adjacent to an activating group) is 1. The van der Waals surface area contributed by atoms with Gasteiger partial charge in [-0.1, -0.05) is 17.7 Å². The summed E-state index contributed by atoms with van der Waals surface area (Å²) < 4.78 is 5.58. The van der Waals surface area contributed by atoms with Crippen molar-refractivity contribution in [3.8, 4) is 0 Å². The maximum atomic E-state index is 5.83. The standard InChI is InChI=1S/C12H17ClN2O/c1-15(7-8-16-9-10-5-6-10)12-4-2-3-11(13)14-12/h2-4,10H,5-9H2,1H3. The van der Waals surface area contributed by atoms with Crippen LogP contribution in [0.3, 0.4) is 0 Å². The van der Waals surface area contributed by atoms with Crippen LogP contribution in [0, 0.1) is 5.92 Å². The summed E-state index contributed by atoms with van der Waals surface area (Å²) in [4.78, 5) is 6.29. The van der Waals surface area contributed by atoms with Gasteiger partial charge in [-0.3, -0.25) is 0 Å². The summed E-state index contributed by atoms with van der Waals surface area (Å²) in [7, 11) is 2.00. The van der Waals surface area contributed by atoms with Crippen LogP contribution >= 0.6 is 11.6 Å². The number of halogens is 1. The minimum absolute atomic E-state index is 0.531. The Bertz CT molecular complexity index is 342. The summed E-state index contributed by atoms with van der Waals surface area (Å²) in [6.45, 7) is 2.51. The van der Waals surface area contributed by atoms with Gasteiger partial charge in [-0.25, -0.2) is 4.98 Å². The molecule has 1 saturated carbocycles. The Morgan fingerprint density at radius 2 is 2.31 bits per heavy atom. The molecule has 0 amide bonds. The van der Waals surface area contributed by atoms with E-state index >= 15 is 0 Å². The van der Waals surface area contributed by atoms with Gasteiger partial charge in [0, 0.05) is 20.2 Å². The van der Waals surface area contributed by atoms with Crippen LogP contribution in [-0.4, -0.2) is 31.8 Å². The molecule has 16 heavy (non-hydrogen) atoms. The van der Waals surface area contributed by atoms with Crippen molar-refractivity contribution in [2.45, 2.75) is 12.8 Å². The molecule has 1 fully saturated rings. The first-order valence-corrected chi connectivity index (χ1v) is 6.05. The number of aromatic nitrogens is 1. The Kier molecular flexibility index (Phi) is 4.02. The molecule has 1 aromatic heterocycles. The minimum Gasteiger partial charge on any atom is -0.379 e. The molecule has 1 heterocycles. The molecule has 4 heteroatoms. The second kappa shape index (κ2) is 5.51. The van der Waals surface area contributed by atoms with Gasteiger partial charge in [-0.15, -0.1) is 0 Å². The van der Waals surface area contributed by atoms with Gasteiger partial charge in [0.2, 0.25) is 0 Å². The summed E-state index contributed by atoms with van der Waals surface area (Å²) in [6, 6.07) is 5.64. The molecule has 0 N–H and O–H groups in total. The third-order valence-electron chi connectivity index (χ3n) is 2.71. The molecule has 0 bridgehead atoms. The van der Waals surface area contributed by atoms with Gasteiger partial charge in [0.15, 0.2) is 0 Å². The van der Waals surface area contributed by atoms with Crippen LogP contribution < -0.4 is 4.90 Å². The van der Waals surface area contributed by atoms with E-state index in [0.717, 1.165) is 31.5 Å². The highest BCUT2D eigenvalue weighted by molar-refractivity contribution is 6.29. The third-order valence-corrected chi connectivity index (χ3v) is 2.92. The van der Waals surface area contributed by atoms with Crippen LogP contribution in [0.2, 0.25) is 5.15 Å². The molecule has 1 aromatic rings. The summed E-state index contributed by atoms with van der Waals surface area (Å²) >= 11 is 5.83. The van der Waals surface area contributed by atoms with Gasteiger partial charge in [-0.05, 0) is 30.9 Å². The fourth-order valence-electron chi connectivity index (χ4n) is 1.46. The van der Waals surface area contributed by atoms with Gasteiger partial charge in [0.25, 0.3) is 0 Å². The zero-order chi connectivity index (χ0) is 11.4. The van der Waals surface area contributed by atoms with Crippen molar-refractivity contribution in [2.24, 2.45) is 5.92 Å². The number of hydrogen-bond acceptors (Lipinski definition) is 3. The predicted molar refractivity (Wildman–Crippen MR) is 66.1 cm³/mol. The first-order chi connectivity index (χ1) is 7.75. The molecule has 0 radical (unpaired) electrons. The molecule has 1 aliphatic carbocycles.